The van der Waals surface area contributed by atoms with Gasteiger partial charge in [0.25, 0.3) is 5.69 Å². The van der Waals surface area contributed by atoms with Crippen LogP contribution in [-0.2, 0) is 0 Å². The first-order valence-electron chi connectivity index (χ1n) is 4.03. The number of nitrogens with zero attached hydrogens (tertiary/aromatic N) is 1. The van der Waals surface area contributed by atoms with E-state index in [4.69, 9.17) is 11.6 Å². The number of carbonyl (C=O) groups is 2. The average molecular weight is 246 g/mol. The summed E-state index contributed by atoms with van der Waals surface area (Å²) in [6.07, 6.45) is 0.183. The van der Waals surface area contributed by atoms with E-state index in [1.54, 1.807) is 0 Å². The van der Waals surface area contributed by atoms with Gasteiger partial charge in [0.1, 0.15) is 5.82 Å². The normalized spacial score (nSPS) is 9.88. The number of aldehydes is 1. The van der Waals surface area contributed by atoms with Crippen LogP contribution in [0, 0.1) is 15.9 Å². The number of carbonyl (C=O) groups excluding carboxylic acids is 2. The number of benzene rings is 1. The molecule has 0 aromatic heterocycles. The Balaban J connectivity index is 3.42. The van der Waals surface area contributed by atoms with Gasteiger partial charge in [0.05, 0.1) is 28.0 Å². The van der Waals surface area contributed by atoms with Crippen LogP contribution in [0.5, 0.6) is 0 Å². The number of hydrogen-bond acceptors (Lipinski definition) is 4. The van der Waals surface area contributed by atoms with E-state index in [1.807, 2.05) is 0 Å². The van der Waals surface area contributed by atoms with E-state index in [1.165, 1.54) is 0 Å². The average Bonchev–Trinajstić information content (AvgIpc) is 2.27. The molecule has 0 atom stereocenters. The van der Waals surface area contributed by atoms with Crippen LogP contribution < -0.4 is 0 Å². The Hall–Kier alpha value is -1.82. The monoisotopic (exact) mass is 245 g/mol. The van der Waals surface area contributed by atoms with Crippen LogP contribution in [0.2, 0.25) is 0 Å². The first kappa shape index (κ1) is 12.3. The molecule has 1 rings (SSSR count). The predicted octanol–water partition coefficient (Wildman–Crippen LogP) is 1.97. The molecule has 0 bridgehead atoms. The maximum Gasteiger partial charge on any atom is 0.282 e. The molecule has 0 fully saturated rings. The van der Waals surface area contributed by atoms with E-state index >= 15 is 0 Å². The molecular weight excluding hydrogens is 241 g/mol. The minimum Gasteiger partial charge on any atom is -0.298 e. The predicted molar refractivity (Wildman–Crippen MR) is 53.5 cm³/mol. The van der Waals surface area contributed by atoms with E-state index in [0.717, 1.165) is 6.07 Å². The van der Waals surface area contributed by atoms with Crippen molar-refractivity contribution < 1.29 is 18.9 Å². The van der Waals surface area contributed by atoms with Gasteiger partial charge in [-0.05, 0) is 6.07 Å². The highest BCUT2D eigenvalue weighted by Crippen LogP contribution is 2.22. The summed E-state index contributed by atoms with van der Waals surface area (Å²) in [6.45, 7) is 0. The SMILES string of the molecule is O=Cc1cc(C(=O)CCl)c(F)cc1[N+](=O)[O-]. The zero-order chi connectivity index (χ0) is 12.3. The third kappa shape index (κ3) is 2.22. The fourth-order valence-electron chi connectivity index (χ4n) is 1.12. The molecule has 7 heteroatoms. The molecule has 0 radical (unpaired) electrons. The molecule has 1 aromatic carbocycles. The van der Waals surface area contributed by atoms with Crippen molar-refractivity contribution >= 4 is 29.4 Å². The van der Waals surface area contributed by atoms with Crippen molar-refractivity contribution in [3.63, 3.8) is 0 Å². The van der Waals surface area contributed by atoms with Gasteiger partial charge in [0.15, 0.2) is 12.1 Å². The zero-order valence-electron chi connectivity index (χ0n) is 7.78. The molecule has 84 valence electrons. The summed E-state index contributed by atoms with van der Waals surface area (Å²) < 4.78 is 13.3. The maximum absolute atomic E-state index is 13.3. The quantitative estimate of drug-likeness (QED) is 0.267. The van der Waals surface area contributed by atoms with Crippen LogP contribution >= 0.6 is 11.6 Å². The lowest BCUT2D eigenvalue weighted by Crippen LogP contribution is -2.06. The summed E-state index contributed by atoms with van der Waals surface area (Å²) in [4.78, 5) is 31.2. The Kier molecular flexibility index (Phi) is 3.68. The Morgan fingerprint density at radius 2 is 2.19 bits per heavy atom. The fraction of sp³-hybridized carbons (Fsp3) is 0.111. The van der Waals surface area contributed by atoms with E-state index in [-0.39, 0.29) is 11.8 Å². The fourth-order valence-corrected chi connectivity index (χ4v) is 1.26. The first-order valence-corrected chi connectivity index (χ1v) is 4.57. The summed E-state index contributed by atoms with van der Waals surface area (Å²) >= 11 is 5.22. The number of hydrogen-bond donors (Lipinski definition) is 0. The van der Waals surface area contributed by atoms with Crippen LogP contribution in [0.15, 0.2) is 12.1 Å². The van der Waals surface area contributed by atoms with Gasteiger partial charge in [0.2, 0.25) is 0 Å². The van der Waals surface area contributed by atoms with Crippen LogP contribution in [-0.4, -0.2) is 22.9 Å². The highest BCUT2D eigenvalue weighted by molar-refractivity contribution is 6.30. The van der Waals surface area contributed by atoms with Gasteiger partial charge >= 0.3 is 0 Å². The Labute approximate surface area is 94.0 Å². The lowest BCUT2D eigenvalue weighted by atomic mass is 10.1. The van der Waals surface area contributed by atoms with Crippen LogP contribution in [0.25, 0.3) is 0 Å². The minimum atomic E-state index is -1.07. The molecule has 0 amide bonds. The summed E-state index contributed by atoms with van der Waals surface area (Å²) in [5, 5.41) is 10.5. The van der Waals surface area contributed by atoms with Gasteiger partial charge in [-0.2, -0.15) is 0 Å². The van der Waals surface area contributed by atoms with Gasteiger partial charge in [-0.1, -0.05) is 0 Å². The van der Waals surface area contributed by atoms with Crippen LogP contribution in [0.3, 0.4) is 0 Å². The second kappa shape index (κ2) is 4.80. The van der Waals surface area contributed by atoms with Crippen molar-refractivity contribution in [1.29, 1.82) is 0 Å². The zero-order valence-corrected chi connectivity index (χ0v) is 8.53. The second-order valence-electron chi connectivity index (χ2n) is 2.82. The molecule has 0 aliphatic rings. The Bertz CT molecular complexity index is 475. The second-order valence-corrected chi connectivity index (χ2v) is 3.09. The van der Waals surface area contributed by atoms with Crippen molar-refractivity contribution in [3.05, 3.63) is 39.2 Å². The molecule has 0 saturated carbocycles. The minimum absolute atomic E-state index is 0.183. The maximum atomic E-state index is 13.3. The molecule has 0 heterocycles. The van der Waals surface area contributed by atoms with Gasteiger partial charge in [-0.3, -0.25) is 19.7 Å². The molecule has 1 aromatic rings. The van der Waals surface area contributed by atoms with Crippen molar-refractivity contribution in [2.45, 2.75) is 0 Å². The Morgan fingerprint density at radius 1 is 1.56 bits per heavy atom. The summed E-state index contributed by atoms with van der Waals surface area (Å²) in [5.41, 5.74) is -1.47. The third-order valence-corrected chi connectivity index (χ3v) is 2.10. The van der Waals surface area contributed by atoms with E-state index in [2.05, 4.69) is 0 Å². The number of Topliss-reactive ketones (excluding diaryl/α,β-unsaturated/α-hetero) is 1. The number of nitro benzene ring substituents is 1. The van der Waals surface area contributed by atoms with Crippen molar-refractivity contribution in [2.75, 3.05) is 5.88 Å². The number of nitro groups is 1. The molecule has 0 saturated heterocycles. The molecule has 0 spiro atoms. The Morgan fingerprint density at radius 3 is 2.62 bits per heavy atom. The third-order valence-electron chi connectivity index (χ3n) is 1.86. The number of ketones is 1. The van der Waals surface area contributed by atoms with Crippen molar-refractivity contribution in [3.8, 4) is 0 Å². The molecular formula is C9H5ClFNO4. The molecule has 0 aliphatic heterocycles. The van der Waals surface area contributed by atoms with Crippen molar-refractivity contribution in [1.82, 2.24) is 0 Å². The molecule has 0 unspecified atom stereocenters. The smallest absolute Gasteiger partial charge is 0.282 e. The highest BCUT2D eigenvalue weighted by atomic mass is 35.5. The molecule has 0 aliphatic carbocycles. The van der Waals surface area contributed by atoms with Crippen molar-refractivity contribution in [2.24, 2.45) is 0 Å². The van der Waals surface area contributed by atoms with Crippen LogP contribution in [0.4, 0.5) is 10.1 Å². The highest BCUT2D eigenvalue weighted by Gasteiger charge is 2.20. The van der Waals surface area contributed by atoms with Gasteiger partial charge in [0, 0.05) is 0 Å². The number of halogens is 2. The van der Waals surface area contributed by atoms with E-state index in [9.17, 15) is 24.1 Å². The van der Waals surface area contributed by atoms with E-state index < -0.39 is 33.7 Å². The van der Waals surface area contributed by atoms with Crippen LogP contribution in [0.1, 0.15) is 20.7 Å². The summed E-state index contributed by atoms with van der Waals surface area (Å²) in [7, 11) is 0. The number of rotatable bonds is 4. The molecule has 0 N–H and O–H groups in total. The lowest BCUT2D eigenvalue weighted by molar-refractivity contribution is -0.385. The van der Waals surface area contributed by atoms with E-state index in [0.29, 0.717) is 6.07 Å². The van der Waals surface area contributed by atoms with Gasteiger partial charge < -0.3 is 0 Å². The largest absolute Gasteiger partial charge is 0.298 e. The summed E-state index contributed by atoms with van der Waals surface area (Å²) in [5.74, 6) is -2.27. The molecule has 16 heavy (non-hydrogen) atoms. The standard InChI is InChI=1S/C9H5ClFNO4/c10-3-9(14)6-1-5(4-13)8(12(15)16)2-7(6)11/h1-2,4H,3H2. The van der Waals surface area contributed by atoms with Gasteiger partial charge in [-0.25, -0.2) is 4.39 Å². The molecule has 5 nitrogen and oxygen atoms in total. The lowest BCUT2D eigenvalue weighted by Gasteiger charge is -2.01. The first-order chi connectivity index (χ1) is 7.51. The summed E-state index contributed by atoms with van der Waals surface area (Å²) in [6, 6.07) is 1.36. The topological polar surface area (TPSA) is 77.3 Å². The van der Waals surface area contributed by atoms with Gasteiger partial charge in [-0.15, -0.1) is 11.6 Å². The number of alkyl halides is 1.